The third-order valence-corrected chi connectivity index (χ3v) is 7.19. The van der Waals surface area contributed by atoms with Crippen molar-refractivity contribution >= 4 is 0 Å². The molecular formula is C26H34. The molecule has 2 aliphatic rings. The van der Waals surface area contributed by atoms with E-state index in [2.05, 4.69) is 62.4 Å². The van der Waals surface area contributed by atoms with Crippen molar-refractivity contribution in [1.29, 1.82) is 0 Å². The first-order chi connectivity index (χ1) is 12.7. The molecular weight excluding hydrogens is 312 g/mol. The van der Waals surface area contributed by atoms with Gasteiger partial charge in [-0.15, -0.1) is 0 Å². The van der Waals surface area contributed by atoms with Gasteiger partial charge in [0.25, 0.3) is 0 Å². The molecule has 0 bridgehead atoms. The minimum absolute atomic E-state index is 0.797. The van der Waals surface area contributed by atoms with Crippen molar-refractivity contribution in [2.24, 2.45) is 17.8 Å². The summed E-state index contributed by atoms with van der Waals surface area (Å²) >= 11 is 0. The van der Waals surface area contributed by atoms with E-state index in [4.69, 9.17) is 0 Å². The number of benzene rings is 2. The number of hydrogen-bond donors (Lipinski definition) is 0. The summed E-state index contributed by atoms with van der Waals surface area (Å²) in [5.74, 6) is 3.86. The summed E-state index contributed by atoms with van der Waals surface area (Å²) in [4.78, 5) is 0. The molecule has 2 fully saturated rings. The van der Waals surface area contributed by atoms with Crippen molar-refractivity contribution in [3.63, 3.8) is 0 Å². The van der Waals surface area contributed by atoms with E-state index in [0.29, 0.717) is 0 Å². The lowest BCUT2D eigenvalue weighted by Crippen LogP contribution is -2.30. The third-order valence-electron chi connectivity index (χ3n) is 7.19. The normalized spacial score (nSPS) is 28.5. The zero-order valence-corrected chi connectivity index (χ0v) is 16.6. The highest BCUT2D eigenvalue weighted by Crippen LogP contribution is 2.48. The van der Waals surface area contributed by atoms with Crippen LogP contribution in [0.25, 0.3) is 11.1 Å². The molecule has 2 saturated carbocycles. The fraction of sp³-hybridized carbons (Fsp3) is 0.538. The summed E-state index contributed by atoms with van der Waals surface area (Å²) < 4.78 is 0. The van der Waals surface area contributed by atoms with Crippen LogP contribution in [0.2, 0.25) is 0 Å². The molecule has 2 aliphatic carbocycles. The zero-order chi connectivity index (χ0) is 17.9. The van der Waals surface area contributed by atoms with Gasteiger partial charge in [-0.25, -0.2) is 0 Å². The Kier molecular flexibility index (Phi) is 5.48. The van der Waals surface area contributed by atoms with Crippen molar-refractivity contribution < 1.29 is 0 Å². The van der Waals surface area contributed by atoms with Gasteiger partial charge in [0.15, 0.2) is 0 Å². The van der Waals surface area contributed by atoms with Gasteiger partial charge in [-0.2, -0.15) is 0 Å². The fourth-order valence-electron chi connectivity index (χ4n) is 5.65. The van der Waals surface area contributed by atoms with Crippen LogP contribution < -0.4 is 0 Å². The lowest BCUT2D eigenvalue weighted by Gasteiger charge is -2.42. The minimum Gasteiger partial charge on any atom is -0.0654 e. The maximum Gasteiger partial charge on any atom is -0.0159 e. The molecule has 0 N–H and O–H groups in total. The highest BCUT2D eigenvalue weighted by molar-refractivity contribution is 5.64. The van der Waals surface area contributed by atoms with Gasteiger partial charge >= 0.3 is 0 Å². The summed E-state index contributed by atoms with van der Waals surface area (Å²) in [7, 11) is 0. The smallest absolute Gasteiger partial charge is 0.0159 e. The van der Waals surface area contributed by atoms with Crippen LogP contribution in [-0.4, -0.2) is 0 Å². The molecule has 138 valence electrons. The quantitative estimate of drug-likeness (QED) is 0.530. The van der Waals surface area contributed by atoms with Crippen molar-refractivity contribution in [2.75, 3.05) is 0 Å². The molecule has 0 heterocycles. The number of aryl methyl sites for hydroxylation is 1. The molecule has 0 aliphatic heterocycles. The Morgan fingerprint density at radius 2 is 1.35 bits per heavy atom. The van der Waals surface area contributed by atoms with Gasteiger partial charge in [-0.3, -0.25) is 0 Å². The van der Waals surface area contributed by atoms with Crippen LogP contribution in [0, 0.1) is 24.7 Å². The summed E-state index contributed by atoms with van der Waals surface area (Å²) in [6.07, 6.45) is 11.7. The lowest BCUT2D eigenvalue weighted by atomic mass is 9.63. The largest absolute Gasteiger partial charge is 0.0654 e. The zero-order valence-electron chi connectivity index (χ0n) is 16.6. The Labute approximate surface area is 160 Å². The predicted molar refractivity (Wildman–Crippen MR) is 112 cm³/mol. The molecule has 26 heavy (non-hydrogen) atoms. The Balaban J connectivity index is 1.40. The van der Waals surface area contributed by atoms with Gasteiger partial charge in [-0.1, -0.05) is 80.3 Å². The SMILES string of the molecule is CCCC1CCC2CC(c3ccc(-c4ccc(C)cc4)cc3)CCC2C1. The van der Waals surface area contributed by atoms with Gasteiger partial charge in [-0.05, 0) is 79.4 Å². The second-order valence-electron chi connectivity index (χ2n) is 8.99. The molecule has 0 saturated heterocycles. The van der Waals surface area contributed by atoms with Crippen molar-refractivity contribution in [3.05, 3.63) is 59.7 Å². The molecule has 0 amide bonds. The first-order valence-corrected chi connectivity index (χ1v) is 10.9. The maximum absolute atomic E-state index is 2.41. The molecule has 0 radical (unpaired) electrons. The van der Waals surface area contributed by atoms with Crippen molar-refractivity contribution in [3.8, 4) is 11.1 Å². The molecule has 4 rings (SSSR count). The van der Waals surface area contributed by atoms with Gasteiger partial charge in [0.1, 0.15) is 0 Å². The summed E-state index contributed by atoms with van der Waals surface area (Å²) in [5, 5.41) is 0. The van der Waals surface area contributed by atoms with E-state index in [0.717, 1.165) is 23.7 Å². The van der Waals surface area contributed by atoms with Gasteiger partial charge < -0.3 is 0 Å². The Morgan fingerprint density at radius 3 is 2.04 bits per heavy atom. The maximum atomic E-state index is 2.41. The third kappa shape index (κ3) is 3.90. The predicted octanol–water partition coefficient (Wildman–Crippen LogP) is 7.76. The van der Waals surface area contributed by atoms with E-state index in [1.54, 1.807) is 5.56 Å². The molecule has 2 aromatic rings. The monoisotopic (exact) mass is 346 g/mol. The van der Waals surface area contributed by atoms with Crippen LogP contribution in [0.5, 0.6) is 0 Å². The van der Waals surface area contributed by atoms with E-state index in [9.17, 15) is 0 Å². The highest BCUT2D eigenvalue weighted by atomic mass is 14.4. The van der Waals surface area contributed by atoms with E-state index in [-0.39, 0.29) is 0 Å². The van der Waals surface area contributed by atoms with Gasteiger partial charge in [0.05, 0.1) is 0 Å². The standard InChI is InChI=1S/C26H34/c1-3-4-20-7-10-26-18-25(16-15-24(26)17-20)23-13-11-22(12-14-23)21-8-5-19(2)6-9-21/h5-6,8-9,11-14,20,24-26H,3-4,7,10,15-18H2,1-2H3. The number of fused-ring (bicyclic) bond motifs is 1. The minimum atomic E-state index is 0.797. The Hall–Kier alpha value is -1.56. The molecule has 0 heteroatoms. The van der Waals surface area contributed by atoms with Crippen LogP contribution >= 0.6 is 0 Å². The van der Waals surface area contributed by atoms with Crippen LogP contribution in [0.4, 0.5) is 0 Å². The Morgan fingerprint density at radius 1 is 0.731 bits per heavy atom. The number of rotatable bonds is 4. The van der Waals surface area contributed by atoms with E-state index in [1.807, 2.05) is 0 Å². The lowest BCUT2D eigenvalue weighted by molar-refractivity contribution is 0.114. The second-order valence-corrected chi connectivity index (χ2v) is 8.99. The Bertz CT molecular complexity index is 694. The molecule has 4 unspecified atom stereocenters. The summed E-state index contributed by atoms with van der Waals surface area (Å²) in [6, 6.07) is 18.4. The highest BCUT2D eigenvalue weighted by Gasteiger charge is 2.35. The average molecular weight is 347 g/mol. The molecule has 4 atom stereocenters. The van der Waals surface area contributed by atoms with Crippen LogP contribution in [0.15, 0.2) is 48.5 Å². The van der Waals surface area contributed by atoms with Gasteiger partial charge in [0.2, 0.25) is 0 Å². The fourth-order valence-corrected chi connectivity index (χ4v) is 5.65. The topological polar surface area (TPSA) is 0 Å². The van der Waals surface area contributed by atoms with Crippen LogP contribution in [0.3, 0.4) is 0 Å². The number of hydrogen-bond acceptors (Lipinski definition) is 0. The van der Waals surface area contributed by atoms with Crippen LogP contribution in [0.1, 0.15) is 75.3 Å². The summed E-state index contributed by atoms with van der Waals surface area (Å²) in [6.45, 7) is 4.50. The molecule has 0 spiro atoms. The average Bonchev–Trinajstić information content (AvgIpc) is 2.69. The van der Waals surface area contributed by atoms with E-state index < -0.39 is 0 Å². The summed E-state index contributed by atoms with van der Waals surface area (Å²) in [5.41, 5.74) is 5.59. The van der Waals surface area contributed by atoms with Gasteiger partial charge in [0, 0.05) is 0 Å². The van der Waals surface area contributed by atoms with Crippen molar-refractivity contribution in [2.45, 2.75) is 71.1 Å². The van der Waals surface area contributed by atoms with Crippen molar-refractivity contribution in [1.82, 2.24) is 0 Å². The van der Waals surface area contributed by atoms with Crippen LogP contribution in [-0.2, 0) is 0 Å². The second kappa shape index (κ2) is 7.99. The first-order valence-electron chi connectivity index (χ1n) is 10.9. The first kappa shape index (κ1) is 17.8. The molecule has 0 aromatic heterocycles. The molecule has 0 nitrogen and oxygen atoms in total. The van der Waals surface area contributed by atoms with E-state index >= 15 is 0 Å². The van der Waals surface area contributed by atoms with E-state index in [1.165, 1.54) is 68.1 Å². The molecule has 2 aromatic carbocycles.